The molecule has 4 aliphatic heterocycles. The second-order valence-corrected chi connectivity index (χ2v) is 7.66. The number of piperidine rings is 1. The highest BCUT2D eigenvalue weighted by Gasteiger charge is 2.36. The van der Waals surface area contributed by atoms with Crippen LogP contribution in [0.1, 0.15) is 65.2 Å². The third-order valence-electron chi connectivity index (χ3n) is 5.86. The van der Waals surface area contributed by atoms with E-state index in [1.54, 1.807) is 0 Å². The predicted octanol–water partition coefficient (Wildman–Crippen LogP) is 3.84. The number of hydrogen-bond acceptors (Lipinski definition) is 2. The molecule has 4 unspecified atom stereocenters. The second kappa shape index (κ2) is 5.73. The summed E-state index contributed by atoms with van der Waals surface area (Å²) in [6, 6.07) is 1.88. The lowest BCUT2D eigenvalue weighted by atomic mass is 9.93. The summed E-state index contributed by atoms with van der Waals surface area (Å²) in [5.74, 6) is 1.92. The molecule has 0 aromatic carbocycles. The van der Waals surface area contributed by atoms with E-state index in [-0.39, 0.29) is 0 Å². The fraction of sp³-hybridized carbons (Fsp3) is 1.00. The maximum Gasteiger partial charge on any atom is 0.0582 e. The monoisotopic (exact) mass is 265 g/mol. The Morgan fingerprint density at radius 1 is 0.737 bits per heavy atom. The van der Waals surface area contributed by atoms with E-state index in [4.69, 9.17) is 4.74 Å². The van der Waals surface area contributed by atoms with Crippen molar-refractivity contribution >= 4 is 0 Å². The summed E-state index contributed by atoms with van der Waals surface area (Å²) in [7, 11) is 2.30. The fourth-order valence-electron chi connectivity index (χ4n) is 4.80. The molecule has 4 fully saturated rings. The first-order valence-electron chi connectivity index (χ1n) is 8.49. The Balaban J connectivity index is 0.000000117. The van der Waals surface area contributed by atoms with E-state index in [9.17, 15) is 0 Å². The minimum Gasteiger partial charge on any atom is -0.375 e. The highest BCUT2D eigenvalue weighted by Crippen LogP contribution is 2.37. The number of nitrogens with zero attached hydrogens (tertiary/aromatic N) is 1. The highest BCUT2D eigenvalue weighted by molar-refractivity contribution is 4.91. The lowest BCUT2D eigenvalue weighted by Gasteiger charge is -2.34. The molecule has 0 amide bonds. The number of ether oxygens (including phenoxy) is 1. The van der Waals surface area contributed by atoms with Crippen LogP contribution in [-0.2, 0) is 4.74 Å². The van der Waals surface area contributed by atoms with Crippen molar-refractivity contribution in [2.45, 2.75) is 89.5 Å². The summed E-state index contributed by atoms with van der Waals surface area (Å²) in [6.45, 7) is 4.74. The second-order valence-electron chi connectivity index (χ2n) is 7.66. The van der Waals surface area contributed by atoms with Crippen LogP contribution in [0.25, 0.3) is 0 Å². The molecule has 0 aromatic heterocycles. The molecule has 2 heteroatoms. The van der Waals surface area contributed by atoms with E-state index in [1.807, 2.05) is 0 Å². The molecular weight excluding hydrogens is 234 g/mol. The molecule has 0 aromatic rings. The Kier molecular flexibility index (Phi) is 4.19. The van der Waals surface area contributed by atoms with Crippen molar-refractivity contribution < 1.29 is 4.74 Å². The van der Waals surface area contributed by atoms with Crippen LogP contribution in [0.5, 0.6) is 0 Å². The summed E-state index contributed by atoms with van der Waals surface area (Å²) in [5.41, 5.74) is 0. The normalized spacial score (nSPS) is 48.8. The molecule has 4 saturated heterocycles. The van der Waals surface area contributed by atoms with E-state index in [1.165, 1.54) is 51.4 Å². The van der Waals surface area contributed by atoms with Crippen LogP contribution in [0.3, 0.4) is 0 Å². The first kappa shape index (κ1) is 13.9. The Morgan fingerprint density at radius 3 is 1.74 bits per heavy atom. The quantitative estimate of drug-likeness (QED) is 0.660. The number of fused-ring (bicyclic) bond motifs is 4. The SMILES string of the molecule is CC1CC2CCC(C1)N2C.CC1CC2CCC(C1)O2. The van der Waals surface area contributed by atoms with Crippen LogP contribution in [-0.4, -0.2) is 36.2 Å². The van der Waals surface area contributed by atoms with Gasteiger partial charge in [-0.1, -0.05) is 13.8 Å². The molecule has 0 N–H and O–H groups in total. The molecule has 4 heterocycles. The van der Waals surface area contributed by atoms with Gasteiger partial charge in [0.2, 0.25) is 0 Å². The topological polar surface area (TPSA) is 12.5 Å². The maximum absolute atomic E-state index is 5.67. The van der Waals surface area contributed by atoms with Gasteiger partial charge < -0.3 is 9.64 Å². The first-order valence-corrected chi connectivity index (χ1v) is 8.49. The molecular formula is C17H31NO. The van der Waals surface area contributed by atoms with Crippen molar-refractivity contribution in [2.24, 2.45) is 11.8 Å². The van der Waals surface area contributed by atoms with E-state index >= 15 is 0 Å². The van der Waals surface area contributed by atoms with Gasteiger partial charge in [0.1, 0.15) is 0 Å². The zero-order valence-electron chi connectivity index (χ0n) is 13.0. The number of rotatable bonds is 0. The third kappa shape index (κ3) is 3.16. The van der Waals surface area contributed by atoms with Crippen LogP contribution >= 0.6 is 0 Å². The molecule has 4 aliphatic rings. The van der Waals surface area contributed by atoms with Gasteiger partial charge in [0.25, 0.3) is 0 Å². The molecule has 19 heavy (non-hydrogen) atoms. The molecule has 0 radical (unpaired) electrons. The van der Waals surface area contributed by atoms with Gasteiger partial charge in [-0.2, -0.15) is 0 Å². The third-order valence-corrected chi connectivity index (χ3v) is 5.86. The fourth-order valence-corrected chi connectivity index (χ4v) is 4.80. The van der Waals surface area contributed by atoms with Gasteiger partial charge in [-0.05, 0) is 70.3 Å². The van der Waals surface area contributed by atoms with Gasteiger partial charge in [-0.3, -0.25) is 0 Å². The van der Waals surface area contributed by atoms with Crippen LogP contribution in [0.15, 0.2) is 0 Å². The lowest BCUT2D eigenvalue weighted by molar-refractivity contribution is -0.0152. The molecule has 4 bridgehead atoms. The maximum atomic E-state index is 5.67. The average molecular weight is 265 g/mol. The minimum atomic E-state index is 0.638. The largest absolute Gasteiger partial charge is 0.375 e. The van der Waals surface area contributed by atoms with Crippen molar-refractivity contribution in [1.29, 1.82) is 0 Å². The molecule has 0 spiro atoms. The van der Waals surface area contributed by atoms with E-state index < -0.39 is 0 Å². The molecule has 2 nitrogen and oxygen atoms in total. The summed E-state index contributed by atoms with van der Waals surface area (Å²) in [5, 5.41) is 0. The standard InChI is InChI=1S/C9H17N.C8H14O/c1-7-5-8-3-4-9(6-7)10(8)2;1-6-4-7-2-3-8(5-6)9-7/h7-9H,3-6H2,1-2H3;6-8H,2-5H2,1H3. The van der Waals surface area contributed by atoms with Gasteiger partial charge in [0.05, 0.1) is 12.2 Å². The lowest BCUT2D eigenvalue weighted by Crippen LogP contribution is -2.39. The van der Waals surface area contributed by atoms with Crippen LogP contribution in [0, 0.1) is 11.8 Å². The zero-order chi connectivity index (χ0) is 13.4. The average Bonchev–Trinajstić information content (AvgIpc) is 2.79. The first-order chi connectivity index (χ1) is 9.11. The van der Waals surface area contributed by atoms with Gasteiger partial charge in [0.15, 0.2) is 0 Å². The molecule has 0 aliphatic carbocycles. The van der Waals surface area contributed by atoms with Gasteiger partial charge >= 0.3 is 0 Å². The predicted molar refractivity (Wildman–Crippen MR) is 79.3 cm³/mol. The van der Waals surface area contributed by atoms with Crippen LogP contribution in [0.2, 0.25) is 0 Å². The van der Waals surface area contributed by atoms with Gasteiger partial charge in [0, 0.05) is 12.1 Å². The Labute approximate surface area is 118 Å². The van der Waals surface area contributed by atoms with Crippen molar-refractivity contribution in [3.63, 3.8) is 0 Å². The minimum absolute atomic E-state index is 0.638. The smallest absolute Gasteiger partial charge is 0.0582 e. The van der Waals surface area contributed by atoms with Crippen molar-refractivity contribution in [1.82, 2.24) is 4.90 Å². The Morgan fingerprint density at radius 2 is 1.21 bits per heavy atom. The van der Waals surface area contributed by atoms with Gasteiger partial charge in [-0.15, -0.1) is 0 Å². The van der Waals surface area contributed by atoms with E-state index in [0.29, 0.717) is 12.2 Å². The molecule has 0 saturated carbocycles. The Bertz CT molecular complexity index is 280. The zero-order valence-corrected chi connectivity index (χ0v) is 13.0. The summed E-state index contributed by atoms with van der Waals surface area (Å²) in [4.78, 5) is 2.60. The van der Waals surface area contributed by atoms with Crippen molar-refractivity contribution in [3.05, 3.63) is 0 Å². The van der Waals surface area contributed by atoms with Crippen LogP contribution in [0.4, 0.5) is 0 Å². The van der Waals surface area contributed by atoms with Crippen LogP contribution < -0.4 is 0 Å². The summed E-state index contributed by atoms with van der Waals surface area (Å²) >= 11 is 0. The summed E-state index contributed by atoms with van der Waals surface area (Å²) < 4.78 is 5.67. The molecule has 110 valence electrons. The highest BCUT2D eigenvalue weighted by atomic mass is 16.5. The van der Waals surface area contributed by atoms with Crippen molar-refractivity contribution in [2.75, 3.05) is 7.05 Å². The number of hydrogen-bond donors (Lipinski definition) is 0. The van der Waals surface area contributed by atoms with Crippen molar-refractivity contribution in [3.8, 4) is 0 Å². The van der Waals surface area contributed by atoms with E-state index in [0.717, 1.165) is 23.9 Å². The molecule has 4 rings (SSSR count). The molecule has 4 atom stereocenters. The Hall–Kier alpha value is -0.0800. The van der Waals surface area contributed by atoms with Gasteiger partial charge in [-0.25, -0.2) is 0 Å². The summed E-state index contributed by atoms with van der Waals surface area (Å²) in [6.07, 6.45) is 12.4. The van der Waals surface area contributed by atoms with E-state index in [2.05, 4.69) is 25.8 Å².